The van der Waals surface area contributed by atoms with Gasteiger partial charge in [0, 0.05) is 32.0 Å². The number of anilines is 1. The average molecular weight is 324 g/mol. The average Bonchev–Trinajstić information content (AvgIpc) is 2.62. The minimum absolute atomic E-state index is 0.0342. The first-order valence-corrected chi connectivity index (χ1v) is 8.52. The number of nitrogens with one attached hydrogen (secondary N) is 1. The summed E-state index contributed by atoms with van der Waals surface area (Å²) >= 11 is 0. The predicted octanol–water partition coefficient (Wildman–Crippen LogP) is 3.27. The van der Waals surface area contributed by atoms with Gasteiger partial charge in [-0.15, -0.1) is 0 Å². The Labute approximate surface area is 143 Å². The maximum Gasteiger partial charge on any atom is 0.256 e. The molecule has 1 aromatic heterocycles. The summed E-state index contributed by atoms with van der Waals surface area (Å²) in [6.07, 6.45) is 5.38. The lowest BCUT2D eigenvalue weighted by Gasteiger charge is -2.30. The molecular formula is C19H24N4O. The summed E-state index contributed by atoms with van der Waals surface area (Å²) in [6, 6.07) is 8.33. The van der Waals surface area contributed by atoms with Gasteiger partial charge in [-0.3, -0.25) is 4.79 Å². The molecule has 24 heavy (non-hydrogen) atoms. The number of nitrogens with zero attached hydrogens (tertiary/aromatic N) is 3. The van der Waals surface area contributed by atoms with Crippen LogP contribution in [0, 0.1) is 12.8 Å². The van der Waals surface area contributed by atoms with Crippen molar-refractivity contribution in [2.75, 3.05) is 18.4 Å². The second kappa shape index (κ2) is 7.43. The van der Waals surface area contributed by atoms with Gasteiger partial charge in [0.2, 0.25) is 5.95 Å². The SMILES string of the molecule is Cc1ccc(CNc2ncc(C(=O)N3CCC(C)CC3)cn2)cc1. The van der Waals surface area contributed by atoms with Crippen molar-refractivity contribution in [3.8, 4) is 0 Å². The Hall–Kier alpha value is -2.43. The first kappa shape index (κ1) is 16.4. The van der Waals surface area contributed by atoms with Crippen LogP contribution in [-0.4, -0.2) is 33.9 Å². The van der Waals surface area contributed by atoms with Gasteiger partial charge in [0.05, 0.1) is 5.56 Å². The molecule has 5 nitrogen and oxygen atoms in total. The van der Waals surface area contributed by atoms with Gasteiger partial charge in [-0.1, -0.05) is 36.8 Å². The van der Waals surface area contributed by atoms with Crippen LogP contribution in [0.1, 0.15) is 41.3 Å². The first-order chi connectivity index (χ1) is 11.6. The molecule has 126 valence electrons. The maximum atomic E-state index is 12.5. The third-order valence-corrected chi connectivity index (χ3v) is 4.54. The smallest absolute Gasteiger partial charge is 0.256 e. The van der Waals surface area contributed by atoms with Crippen molar-refractivity contribution in [1.29, 1.82) is 0 Å². The number of carbonyl (C=O) groups excluding carboxylic acids is 1. The Bertz CT molecular complexity index is 674. The highest BCUT2D eigenvalue weighted by atomic mass is 16.2. The molecule has 3 rings (SSSR count). The van der Waals surface area contributed by atoms with E-state index < -0.39 is 0 Å². The van der Waals surface area contributed by atoms with Crippen LogP contribution in [0.25, 0.3) is 0 Å². The summed E-state index contributed by atoms with van der Waals surface area (Å²) in [5, 5.41) is 3.18. The fourth-order valence-corrected chi connectivity index (χ4v) is 2.81. The van der Waals surface area contributed by atoms with E-state index in [0.29, 0.717) is 24.0 Å². The summed E-state index contributed by atoms with van der Waals surface area (Å²) in [5.41, 5.74) is 2.97. The predicted molar refractivity (Wildman–Crippen MR) is 94.8 cm³/mol. The van der Waals surface area contributed by atoms with E-state index in [1.54, 1.807) is 12.4 Å². The van der Waals surface area contributed by atoms with E-state index in [9.17, 15) is 4.79 Å². The zero-order chi connectivity index (χ0) is 16.9. The van der Waals surface area contributed by atoms with E-state index in [1.165, 1.54) is 11.1 Å². The van der Waals surface area contributed by atoms with E-state index in [-0.39, 0.29) is 5.91 Å². The van der Waals surface area contributed by atoms with Crippen LogP contribution in [0.2, 0.25) is 0 Å². The van der Waals surface area contributed by atoms with Gasteiger partial charge in [-0.2, -0.15) is 0 Å². The number of benzene rings is 1. The molecule has 0 bridgehead atoms. The Balaban J connectivity index is 1.56. The van der Waals surface area contributed by atoms with Crippen LogP contribution >= 0.6 is 0 Å². The lowest BCUT2D eigenvalue weighted by atomic mass is 9.99. The minimum atomic E-state index is 0.0342. The van der Waals surface area contributed by atoms with Crippen LogP contribution in [0.3, 0.4) is 0 Å². The van der Waals surface area contributed by atoms with E-state index in [1.807, 2.05) is 4.90 Å². The highest BCUT2D eigenvalue weighted by Gasteiger charge is 2.21. The highest BCUT2D eigenvalue weighted by molar-refractivity contribution is 5.93. The van der Waals surface area contributed by atoms with Crippen molar-refractivity contribution >= 4 is 11.9 Å². The van der Waals surface area contributed by atoms with Gasteiger partial charge in [0.15, 0.2) is 0 Å². The molecule has 0 aliphatic carbocycles. The fraction of sp³-hybridized carbons (Fsp3) is 0.421. The summed E-state index contributed by atoms with van der Waals surface area (Å²) in [4.78, 5) is 22.9. The number of piperidine rings is 1. The molecule has 1 amide bonds. The summed E-state index contributed by atoms with van der Waals surface area (Å²) < 4.78 is 0. The molecule has 1 aliphatic rings. The Morgan fingerprint density at radius 2 is 1.79 bits per heavy atom. The van der Waals surface area contributed by atoms with E-state index in [0.717, 1.165) is 25.9 Å². The molecule has 1 saturated heterocycles. The highest BCUT2D eigenvalue weighted by Crippen LogP contribution is 2.18. The fourth-order valence-electron chi connectivity index (χ4n) is 2.81. The standard InChI is InChI=1S/C19H24N4O/c1-14-3-5-16(6-4-14)11-20-19-21-12-17(13-22-19)18(24)23-9-7-15(2)8-10-23/h3-6,12-13,15H,7-11H2,1-2H3,(H,20,21,22). The Morgan fingerprint density at radius 1 is 1.17 bits per heavy atom. The van der Waals surface area contributed by atoms with Crippen LogP contribution in [-0.2, 0) is 6.54 Å². The van der Waals surface area contributed by atoms with Crippen LogP contribution in [0.5, 0.6) is 0 Å². The van der Waals surface area contributed by atoms with Crippen molar-refractivity contribution < 1.29 is 4.79 Å². The quantitative estimate of drug-likeness (QED) is 0.938. The van der Waals surface area contributed by atoms with Crippen molar-refractivity contribution in [3.05, 3.63) is 53.3 Å². The van der Waals surface area contributed by atoms with Gasteiger partial charge in [0.1, 0.15) is 0 Å². The number of aryl methyl sites for hydroxylation is 1. The van der Waals surface area contributed by atoms with Gasteiger partial charge in [0.25, 0.3) is 5.91 Å². The lowest BCUT2D eigenvalue weighted by Crippen LogP contribution is -2.38. The van der Waals surface area contributed by atoms with E-state index in [4.69, 9.17) is 0 Å². The topological polar surface area (TPSA) is 58.1 Å². The Kier molecular flexibility index (Phi) is 5.08. The molecule has 1 fully saturated rings. The number of hydrogen-bond acceptors (Lipinski definition) is 4. The molecule has 1 aromatic carbocycles. The van der Waals surface area contributed by atoms with Crippen molar-refractivity contribution in [2.45, 2.75) is 33.2 Å². The van der Waals surface area contributed by atoms with Gasteiger partial charge < -0.3 is 10.2 Å². The summed E-state index contributed by atoms with van der Waals surface area (Å²) in [7, 11) is 0. The molecule has 0 spiro atoms. The van der Waals surface area contributed by atoms with Crippen LogP contribution < -0.4 is 5.32 Å². The normalized spacial score (nSPS) is 15.3. The Morgan fingerprint density at radius 3 is 2.42 bits per heavy atom. The zero-order valence-electron chi connectivity index (χ0n) is 14.3. The molecule has 1 aliphatic heterocycles. The lowest BCUT2D eigenvalue weighted by molar-refractivity contribution is 0.0696. The molecular weight excluding hydrogens is 300 g/mol. The second-order valence-electron chi connectivity index (χ2n) is 6.61. The molecule has 2 aromatic rings. The molecule has 2 heterocycles. The van der Waals surface area contributed by atoms with Gasteiger partial charge in [-0.05, 0) is 31.2 Å². The van der Waals surface area contributed by atoms with Crippen LogP contribution in [0.4, 0.5) is 5.95 Å². The molecule has 0 atom stereocenters. The maximum absolute atomic E-state index is 12.5. The van der Waals surface area contributed by atoms with Gasteiger partial charge in [-0.25, -0.2) is 9.97 Å². The minimum Gasteiger partial charge on any atom is -0.350 e. The number of rotatable bonds is 4. The number of hydrogen-bond donors (Lipinski definition) is 1. The number of amides is 1. The molecule has 1 N–H and O–H groups in total. The number of aromatic nitrogens is 2. The van der Waals surface area contributed by atoms with Crippen molar-refractivity contribution in [3.63, 3.8) is 0 Å². The molecule has 0 unspecified atom stereocenters. The second-order valence-corrected chi connectivity index (χ2v) is 6.61. The van der Waals surface area contributed by atoms with Crippen LogP contribution in [0.15, 0.2) is 36.7 Å². The third-order valence-electron chi connectivity index (χ3n) is 4.54. The first-order valence-electron chi connectivity index (χ1n) is 8.52. The monoisotopic (exact) mass is 324 g/mol. The van der Waals surface area contributed by atoms with Gasteiger partial charge >= 0.3 is 0 Å². The number of likely N-dealkylation sites (tertiary alicyclic amines) is 1. The number of carbonyl (C=O) groups is 1. The molecule has 0 saturated carbocycles. The summed E-state index contributed by atoms with van der Waals surface area (Å²) in [5.74, 6) is 1.28. The molecule has 5 heteroatoms. The summed E-state index contributed by atoms with van der Waals surface area (Å²) in [6.45, 7) is 6.62. The largest absolute Gasteiger partial charge is 0.350 e. The van der Waals surface area contributed by atoms with E-state index >= 15 is 0 Å². The third kappa shape index (κ3) is 4.10. The molecule has 0 radical (unpaired) electrons. The van der Waals surface area contributed by atoms with Crippen molar-refractivity contribution in [2.24, 2.45) is 5.92 Å². The van der Waals surface area contributed by atoms with Crippen molar-refractivity contribution in [1.82, 2.24) is 14.9 Å². The van der Waals surface area contributed by atoms with E-state index in [2.05, 4.69) is 53.4 Å². The zero-order valence-corrected chi connectivity index (χ0v) is 14.3.